The minimum Gasteiger partial charge on any atom is -0.385 e. The van der Waals surface area contributed by atoms with Gasteiger partial charge in [0.25, 0.3) is 0 Å². The maximum atomic E-state index is 9.33. The van der Waals surface area contributed by atoms with E-state index in [9.17, 15) is 5.26 Å². The molecule has 2 heteroatoms. The van der Waals surface area contributed by atoms with Crippen molar-refractivity contribution in [3.05, 3.63) is 29.3 Å². The van der Waals surface area contributed by atoms with Gasteiger partial charge in [0.2, 0.25) is 0 Å². The van der Waals surface area contributed by atoms with Crippen LogP contribution in [-0.4, -0.2) is 6.54 Å². The molecule has 0 spiro atoms. The minimum absolute atomic E-state index is 0.160. The van der Waals surface area contributed by atoms with Crippen molar-refractivity contribution in [1.82, 2.24) is 0 Å². The third-order valence-electron chi connectivity index (χ3n) is 4.02. The Morgan fingerprint density at radius 2 is 2.12 bits per heavy atom. The highest BCUT2D eigenvalue weighted by molar-refractivity contribution is 5.56. The number of hydrogen-bond donors (Lipinski definition) is 1. The summed E-state index contributed by atoms with van der Waals surface area (Å²) in [5.74, 6) is 0. The zero-order valence-corrected chi connectivity index (χ0v) is 9.42. The van der Waals surface area contributed by atoms with E-state index >= 15 is 0 Å². The molecule has 0 saturated heterocycles. The van der Waals surface area contributed by atoms with E-state index in [2.05, 4.69) is 29.6 Å². The van der Waals surface area contributed by atoms with Gasteiger partial charge in [0.05, 0.1) is 11.5 Å². The lowest BCUT2D eigenvalue weighted by atomic mass is 9.65. The summed E-state index contributed by atoms with van der Waals surface area (Å²) in [4.78, 5) is 0. The Morgan fingerprint density at radius 3 is 2.81 bits per heavy atom. The zero-order chi connectivity index (χ0) is 11.0. The van der Waals surface area contributed by atoms with Gasteiger partial charge < -0.3 is 5.32 Å². The molecule has 1 aromatic carbocycles. The highest BCUT2D eigenvalue weighted by atomic mass is 14.9. The molecular weight excluding hydrogens is 196 g/mol. The average Bonchev–Trinajstić information content (AvgIpc) is 2.28. The first-order chi connectivity index (χ1) is 7.84. The molecule has 2 nitrogen and oxygen atoms in total. The Balaban J connectivity index is 2.00. The van der Waals surface area contributed by atoms with Crippen LogP contribution in [0.25, 0.3) is 0 Å². The van der Waals surface area contributed by atoms with E-state index in [0.29, 0.717) is 0 Å². The highest BCUT2D eigenvalue weighted by Gasteiger charge is 2.39. The van der Waals surface area contributed by atoms with Gasteiger partial charge in [-0.25, -0.2) is 0 Å². The Labute approximate surface area is 96.3 Å². The fourth-order valence-corrected chi connectivity index (χ4v) is 2.77. The number of nitrogens with zero attached hydrogens (tertiary/aromatic N) is 1. The van der Waals surface area contributed by atoms with E-state index in [-0.39, 0.29) is 5.41 Å². The lowest BCUT2D eigenvalue weighted by Gasteiger charge is -2.36. The summed E-state index contributed by atoms with van der Waals surface area (Å²) in [6.45, 7) is 1.08. The molecule has 0 bridgehead atoms. The summed E-state index contributed by atoms with van der Waals surface area (Å²) in [6, 6.07) is 9.06. The quantitative estimate of drug-likeness (QED) is 0.776. The van der Waals surface area contributed by atoms with Gasteiger partial charge in [-0.15, -0.1) is 0 Å². The van der Waals surface area contributed by atoms with Gasteiger partial charge in [-0.2, -0.15) is 5.26 Å². The van der Waals surface area contributed by atoms with Crippen LogP contribution in [0.4, 0.5) is 5.69 Å². The van der Waals surface area contributed by atoms with Crippen molar-refractivity contribution in [3.63, 3.8) is 0 Å². The number of hydrogen-bond acceptors (Lipinski definition) is 2. The smallest absolute Gasteiger partial charge is 0.0822 e. The van der Waals surface area contributed by atoms with Crippen LogP contribution in [0, 0.1) is 11.3 Å². The summed E-state index contributed by atoms with van der Waals surface area (Å²) in [7, 11) is 0. The van der Waals surface area contributed by atoms with Crippen LogP contribution >= 0.6 is 0 Å². The van der Waals surface area contributed by atoms with Crippen molar-refractivity contribution < 1.29 is 0 Å². The summed E-state index contributed by atoms with van der Waals surface area (Å²) >= 11 is 0. The van der Waals surface area contributed by atoms with Crippen LogP contribution in [0.15, 0.2) is 18.2 Å². The van der Waals surface area contributed by atoms with Gasteiger partial charge in [-0.3, -0.25) is 0 Å². The largest absolute Gasteiger partial charge is 0.385 e. The van der Waals surface area contributed by atoms with E-state index in [0.717, 1.165) is 25.8 Å². The van der Waals surface area contributed by atoms with Crippen molar-refractivity contribution in [1.29, 1.82) is 5.26 Å². The maximum Gasteiger partial charge on any atom is 0.0822 e. The van der Waals surface area contributed by atoms with E-state index in [1.165, 1.54) is 29.7 Å². The molecule has 1 heterocycles. The van der Waals surface area contributed by atoms with Gasteiger partial charge in [0.1, 0.15) is 0 Å². The number of rotatable bonds is 1. The van der Waals surface area contributed by atoms with Crippen LogP contribution in [0.5, 0.6) is 0 Å². The summed E-state index contributed by atoms with van der Waals surface area (Å²) in [5, 5.41) is 12.7. The Kier molecular flexibility index (Phi) is 2.14. The molecule has 0 amide bonds. The number of nitriles is 1. The molecule has 1 aromatic rings. The van der Waals surface area contributed by atoms with Gasteiger partial charge in [-0.05, 0) is 49.3 Å². The molecular formula is C14H16N2. The topological polar surface area (TPSA) is 35.8 Å². The van der Waals surface area contributed by atoms with Gasteiger partial charge >= 0.3 is 0 Å². The normalized spacial score (nSPS) is 21.2. The van der Waals surface area contributed by atoms with Gasteiger partial charge in [0.15, 0.2) is 0 Å². The third-order valence-corrected chi connectivity index (χ3v) is 4.02. The first kappa shape index (κ1) is 9.72. The molecule has 0 unspecified atom stereocenters. The van der Waals surface area contributed by atoms with E-state index in [4.69, 9.17) is 0 Å². The second kappa shape index (κ2) is 3.52. The molecule has 1 fully saturated rings. The molecule has 3 rings (SSSR count). The Bertz CT molecular complexity index is 452. The Hall–Kier alpha value is -1.49. The van der Waals surface area contributed by atoms with Crippen LogP contribution < -0.4 is 5.32 Å². The monoisotopic (exact) mass is 212 g/mol. The van der Waals surface area contributed by atoms with Crippen molar-refractivity contribution in [2.75, 3.05) is 11.9 Å². The predicted octanol–water partition coefficient (Wildman–Crippen LogP) is 2.99. The van der Waals surface area contributed by atoms with Crippen LogP contribution in [0.1, 0.15) is 36.8 Å². The van der Waals surface area contributed by atoms with E-state index < -0.39 is 0 Å². The second-order valence-electron chi connectivity index (χ2n) is 4.95. The SMILES string of the molecule is N#CC1(c2ccc3c(c2)CCCN3)CCC1. The summed E-state index contributed by atoms with van der Waals surface area (Å²) < 4.78 is 0. The number of aryl methyl sites for hydroxylation is 1. The fraction of sp³-hybridized carbons (Fsp3) is 0.500. The lowest BCUT2D eigenvalue weighted by molar-refractivity contribution is 0.324. The molecule has 1 aliphatic carbocycles. The van der Waals surface area contributed by atoms with Gasteiger partial charge in [0, 0.05) is 12.2 Å². The van der Waals surface area contributed by atoms with Crippen LogP contribution in [-0.2, 0) is 11.8 Å². The number of anilines is 1. The molecule has 16 heavy (non-hydrogen) atoms. The molecule has 1 saturated carbocycles. The van der Waals surface area contributed by atoms with Crippen molar-refractivity contribution in [2.45, 2.75) is 37.5 Å². The Morgan fingerprint density at radius 1 is 1.25 bits per heavy atom. The lowest BCUT2D eigenvalue weighted by Crippen LogP contribution is -2.32. The highest BCUT2D eigenvalue weighted by Crippen LogP contribution is 2.44. The molecule has 0 atom stereocenters. The number of nitrogens with one attached hydrogen (secondary N) is 1. The van der Waals surface area contributed by atoms with Gasteiger partial charge in [-0.1, -0.05) is 12.1 Å². The van der Waals surface area contributed by atoms with E-state index in [1.807, 2.05) is 0 Å². The summed E-state index contributed by atoms with van der Waals surface area (Å²) in [6.07, 6.45) is 5.63. The number of fused-ring (bicyclic) bond motifs is 1. The van der Waals surface area contributed by atoms with Crippen LogP contribution in [0.3, 0.4) is 0 Å². The molecule has 0 aromatic heterocycles. The summed E-state index contributed by atoms with van der Waals surface area (Å²) in [5.41, 5.74) is 3.74. The van der Waals surface area contributed by atoms with Crippen LogP contribution in [0.2, 0.25) is 0 Å². The maximum absolute atomic E-state index is 9.33. The first-order valence-electron chi connectivity index (χ1n) is 6.13. The fourth-order valence-electron chi connectivity index (χ4n) is 2.77. The molecule has 82 valence electrons. The van der Waals surface area contributed by atoms with E-state index in [1.54, 1.807) is 0 Å². The van der Waals surface area contributed by atoms with Crippen molar-refractivity contribution in [2.24, 2.45) is 0 Å². The first-order valence-corrected chi connectivity index (χ1v) is 6.13. The third kappa shape index (κ3) is 1.31. The molecule has 0 radical (unpaired) electrons. The van der Waals surface area contributed by atoms with Crippen molar-refractivity contribution >= 4 is 5.69 Å². The number of benzene rings is 1. The zero-order valence-electron chi connectivity index (χ0n) is 9.42. The average molecular weight is 212 g/mol. The minimum atomic E-state index is -0.160. The van der Waals surface area contributed by atoms with Crippen molar-refractivity contribution in [3.8, 4) is 6.07 Å². The standard InChI is InChI=1S/C14H16N2/c15-10-14(6-2-7-14)12-4-5-13-11(9-12)3-1-8-16-13/h4-5,9,16H,1-3,6-8H2. The molecule has 2 aliphatic rings. The second-order valence-corrected chi connectivity index (χ2v) is 4.95. The molecule has 1 N–H and O–H groups in total. The molecule has 1 aliphatic heterocycles. The predicted molar refractivity (Wildman–Crippen MR) is 64.4 cm³/mol.